The molecule has 0 amide bonds. The molecule has 0 heterocycles. The molecule has 2 nitrogen and oxygen atoms in total. The maximum absolute atomic E-state index is 13.3. The van der Waals surface area contributed by atoms with Gasteiger partial charge in [-0.1, -0.05) is 35.9 Å². The Bertz CT molecular complexity index is 640. The van der Waals surface area contributed by atoms with Crippen LogP contribution in [0.4, 0.5) is 4.39 Å². The van der Waals surface area contributed by atoms with Crippen molar-refractivity contribution in [2.75, 3.05) is 6.61 Å². The molecule has 4 heteroatoms. The number of benzene rings is 2. The summed E-state index contributed by atoms with van der Waals surface area (Å²) in [5.41, 5.74) is 1.61. The average Bonchev–Trinajstić information content (AvgIpc) is 2.44. The fraction of sp³-hybridized carbons (Fsp3) is 0.235. The van der Waals surface area contributed by atoms with Gasteiger partial charge in [0.05, 0.1) is 11.6 Å². The Kier molecular flexibility index (Phi) is 5.34. The Balaban J connectivity index is 1.84. The van der Waals surface area contributed by atoms with E-state index in [9.17, 15) is 9.18 Å². The van der Waals surface area contributed by atoms with Crippen LogP contribution in [0.15, 0.2) is 42.5 Å². The van der Waals surface area contributed by atoms with Crippen LogP contribution in [0.5, 0.6) is 5.75 Å². The Morgan fingerprint density at radius 1 is 1.24 bits per heavy atom. The van der Waals surface area contributed by atoms with Gasteiger partial charge in [0.2, 0.25) is 0 Å². The molecule has 0 N–H and O–H groups in total. The number of ketones is 1. The number of hydrogen-bond acceptors (Lipinski definition) is 2. The fourth-order valence-corrected chi connectivity index (χ4v) is 2.17. The number of ether oxygens (including phenoxy) is 1. The molecule has 2 rings (SSSR count). The summed E-state index contributed by atoms with van der Waals surface area (Å²) >= 11 is 5.83. The minimum absolute atomic E-state index is 0.0189. The molecule has 0 fully saturated rings. The minimum Gasteiger partial charge on any atom is -0.493 e. The van der Waals surface area contributed by atoms with E-state index < -0.39 is 5.82 Å². The van der Waals surface area contributed by atoms with Crippen molar-refractivity contribution in [1.29, 1.82) is 0 Å². The van der Waals surface area contributed by atoms with Crippen LogP contribution in [0, 0.1) is 12.7 Å². The summed E-state index contributed by atoms with van der Waals surface area (Å²) in [5, 5.41) is 0.0189. The Morgan fingerprint density at radius 2 is 2.00 bits per heavy atom. The quantitative estimate of drug-likeness (QED) is 0.792. The van der Waals surface area contributed by atoms with Crippen LogP contribution in [0.3, 0.4) is 0 Å². The predicted octanol–water partition coefficient (Wildman–Crippen LogP) is 4.37. The van der Waals surface area contributed by atoms with Crippen LogP contribution in [-0.4, -0.2) is 12.4 Å². The molecule has 0 aliphatic carbocycles. The van der Waals surface area contributed by atoms with E-state index in [0.29, 0.717) is 12.2 Å². The summed E-state index contributed by atoms with van der Waals surface area (Å²) in [4.78, 5) is 11.9. The molecule has 0 aromatic heterocycles. The van der Waals surface area contributed by atoms with Gasteiger partial charge in [0, 0.05) is 12.8 Å². The lowest BCUT2D eigenvalue weighted by atomic mass is 10.1. The average molecular weight is 307 g/mol. The van der Waals surface area contributed by atoms with Crippen LogP contribution in [0.25, 0.3) is 0 Å². The summed E-state index contributed by atoms with van der Waals surface area (Å²) in [7, 11) is 0. The maximum atomic E-state index is 13.3. The zero-order valence-electron chi connectivity index (χ0n) is 11.7. The topological polar surface area (TPSA) is 26.3 Å². The smallest absolute Gasteiger partial charge is 0.142 e. The molecule has 0 spiro atoms. The van der Waals surface area contributed by atoms with Gasteiger partial charge in [-0.15, -0.1) is 0 Å². The summed E-state index contributed by atoms with van der Waals surface area (Å²) in [6.45, 7) is 2.28. The Hall–Kier alpha value is -1.87. The molecular formula is C17H16ClFO2. The van der Waals surface area contributed by atoms with Gasteiger partial charge in [-0.2, -0.15) is 0 Å². The predicted molar refractivity (Wildman–Crippen MR) is 81.4 cm³/mol. The number of Topliss-reactive ketones (excluding diaryl/α,β-unsaturated/α-hetero) is 1. The number of aryl methyl sites for hydroxylation is 1. The molecule has 2 aromatic carbocycles. The fourth-order valence-electron chi connectivity index (χ4n) is 1.97. The highest BCUT2D eigenvalue weighted by molar-refractivity contribution is 6.31. The van der Waals surface area contributed by atoms with E-state index in [1.165, 1.54) is 6.07 Å². The van der Waals surface area contributed by atoms with Gasteiger partial charge in [0.1, 0.15) is 17.3 Å². The first-order chi connectivity index (χ1) is 10.1. The van der Waals surface area contributed by atoms with Gasteiger partial charge >= 0.3 is 0 Å². The van der Waals surface area contributed by atoms with E-state index in [1.54, 1.807) is 12.1 Å². The van der Waals surface area contributed by atoms with E-state index in [-0.39, 0.29) is 23.6 Å². The van der Waals surface area contributed by atoms with Crippen molar-refractivity contribution in [1.82, 2.24) is 0 Å². The van der Waals surface area contributed by atoms with Crippen molar-refractivity contribution in [3.8, 4) is 5.75 Å². The van der Waals surface area contributed by atoms with E-state index >= 15 is 0 Å². The van der Waals surface area contributed by atoms with Crippen LogP contribution >= 0.6 is 11.6 Å². The lowest BCUT2D eigenvalue weighted by Gasteiger charge is -2.07. The molecule has 0 bridgehead atoms. The molecule has 2 aromatic rings. The Labute approximate surface area is 128 Å². The standard InChI is InChI=1S/C17H16ClFO2/c1-12-4-2-6-15(10-12)21-9-8-14(20)11-13-5-3-7-16(19)17(13)18/h2-7,10H,8-9,11H2,1H3. The molecule has 110 valence electrons. The van der Waals surface area contributed by atoms with Crippen molar-refractivity contribution in [2.24, 2.45) is 0 Å². The van der Waals surface area contributed by atoms with Crippen molar-refractivity contribution in [3.05, 3.63) is 64.4 Å². The van der Waals surface area contributed by atoms with Crippen molar-refractivity contribution in [2.45, 2.75) is 19.8 Å². The molecule has 21 heavy (non-hydrogen) atoms. The number of rotatable bonds is 6. The third-order valence-electron chi connectivity index (χ3n) is 3.06. The van der Waals surface area contributed by atoms with Gasteiger partial charge in [-0.3, -0.25) is 4.79 Å². The molecule has 0 radical (unpaired) electrons. The molecule has 0 aliphatic rings. The molecule has 0 atom stereocenters. The number of carbonyl (C=O) groups excluding carboxylic acids is 1. The van der Waals surface area contributed by atoms with Crippen LogP contribution in [0.2, 0.25) is 5.02 Å². The lowest BCUT2D eigenvalue weighted by Crippen LogP contribution is -2.09. The van der Waals surface area contributed by atoms with Crippen molar-refractivity contribution < 1.29 is 13.9 Å². The summed E-state index contributed by atoms with van der Waals surface area (Å²) in [6.07, 6.45) is 0.383. The Morgan fingerprint density at radius 3 is 2.76 bits per heavy atom. The molecule has 0 saturated heterocycles. The molecule has 0 saturated carbocycles. The van der Waals surface area contributed by atoms with Gasteiger partial charge in [0.25, 0.3) is 0 Å². The monoisotopic (exact) mass is 306 g/mol. The normalized spacial score (nSPS) is 10.4. The highest BCUT2D eigenvalue weighted by Gasteiger charge is 2.10. The molecule has 0 unspecified atom stereocenters. The number of hydrogen-bond donors (Lipinski definition) is 0. The van der Waals surface area contributed by atoms with Gasteiger partial charge in [0.15, 0.2) is 0 Å². The van der Waals surface area contributed by atoms with E-state index in [4.69, 9.17) is 16.3 Å². The van der Waals surface area contributed by atoms with E-state index in [0.717, 1.165) is 11.3 Å². The second-order valence-electron chi connectivity index (χ2n) is 4.84. The summed E-state index contributed by atoms with van der Waals surface area (Å²) < 4.78 is 18.8. The largest absolute Gasteiger partial charge is 0.493 e. The zero-order valence-corrected chi connectivity index (χ0v) is 12.5. The molecule has 0 aliphatic heterocycles. The van der Waals surface area contributed by atoms with Gasteiger partial charge in [-0.05, 0) is 36.2 Å². The summed E-state index contributed by atoms with van der Waals surface area (Å²) in [6, 6.07) is 12.1. The van der Waals surface area contributed by atoms with E-state index in [1.807, 2.05) is 31.2 Å². The van der Waals surface area contributed by atoms with Crippen LogP contribution in [0.1, 0.15) is 17.5 Å². The zero-order chi connectivity index (χ0) is 15.2. The van der Waals surface area contributed by atoms with Crippen LogP contribution < -0.4 is 4.74 Å². The van der Waals surface area contributed by atoms with Gasteiger partial charge < -0.3 is 4.74 Å². The first-order valence-electron chi connectivity index (χ1n) is 6.70. The third kappa shape index (κ3) is 4.57. The van der Waals surface area contributed by atoms with E-state index in [2.05, 4.69) is 0 Å². The first-order valence-corrected chi connectivity index (χ1v) is 7.08. The van der Waals surface area contributed by atoms with Crippen molar-refractivity contribution in [3.63, 3.8) is 0 Å². The highest BCUT2D eigenvalue weighted by atomic mass is 35.5. The second kappa shape index (κ2) is 7.23. The highest BCUT2D eigenvalue weighted by Crippen LogP contribution is 2.20. The third-order valence-corrected chi connectivity index (χ3v) is 3.48. The number of halogens is 2. The van der Waals surface area contributed by atoms with Crippen LogP contribution in [-0.2, 0) is 11.2 Å². The SMILES string of the molecule is Cc1cccc(OCCC(=O)Cc2cccc(F)c2Cl)c1. The lowest BCUT2D eigenvalue weighted by molar-refractivity contribution is -0.118. The second-order valence-corrected chi connectivity index (χ2v) is 5.22. The minimum atomic E-state index is -0.502. The first kappa shape index (κ1) is 15.5. The summed E-state index contributed by atoms with van der Waals surface area (Å²) in [5.74, 6) is 0.208. The van der Waals surface area contributed by atoms with Gasteiger partial charge in [-0.25, -0.2) is 4.39 Å². The maximum Gasteiger partial charge on any atom is 0.142 e. The molecular weight excluding hydrogens is 291 g/mol. The number of carbonyl (C=O) groups is 1. The van der Waals surface area contributed by atoms with Crippen molar-refractivity contribution >= 4 is 17.4 Å².